The molecule has 1 saturated heterocycles. The van der Waals surface area contributed by atoms with Crippen LogP contribution in [0.2, 0.25) is 0 Å². The maximum atomic E-state index is 12.1. The van der Waals surface area contributed by atoms with Crippen LogP contribution in [0.3, 0.4) is 0 Å². The van der Waals surface area contributed by atoms with Crippen LogP contribution in [-0.4, -0.2) is 23.9 Å². The minimum absolute atomic E-state index is 0.0599. The van der Waals surface area contributed by atoms with Gasteiger partial charge in [0.2, 0.25) is 0 Å². The van der Waals surface area contributed by atoms with E-state index in [-0.39, 0.29) is 5.57 Å². The highest BCUT2D eigenvalue weighted by Crippen LogP contribution is 2.15. The Labute approximate surface area is 124 Å². The summed E-state index contributed by atoms with van der Waals surface area (Å²) in [6.07, 6.45) is 4.96. The lowest BCUT2D eigenvalue weighted by atomic mass is 10.1. The van der Waals surface area contributed by atoms with E-state index < -0.39 is 5.91 Å². The number of anilines is 1. The predicted molar refractivity (Wildman–Crippen MR) is 78.9 cm³/mol. The van der Waals surface area contributed by atoms with E-state index >= 15 is 0 Å². The fourth-order valence-corrected chi connectivity index (χ4v) is 2.25. The molecule has 0 spiro atoms. The van der Waals surface area contributed by atoms with E-state index in [0.717, 1.165) is 25.9 Å². The van der Waals surface area contributed by atoms with Crippen molar-refractivity contribution >= 4 is 11.6 Å². The topological polar surface area (TPSA) is 79.9 Å². The summed E-state index contributed by atoms with van der Waals surface area (Å²) in [5.74, 6) is -0.481. The van der Waals surface area contributed by atoms with Crippen molar-refractivity contribution in [2.45, 2.75) is 19.3 Å². The van der Waals surface area contributed by atoms with Crippen molar-refractivity contribution in [1.29, 1.82) is 10.5 Å². The average molecular weight is 280 g/mol. The zero-order chi connectivity index (χ0) is 15.1. The van der Waals surface area contributed by atoms with Crippen LogP contribution in [0.1, 0.15) is 24.8 Å². The van der Waals surface area contributed by atoms with E-state index in [0.29, 0.717) is 11.3 Å². The lowest BCUT2D eigenvalue weighted by Crippen LogP contribution is -2.26. The van der Waals surface area contributed by atoms with E-state index in [1.54, 1.807) is 30.5 Å². The van der Waals surface area contributed by atoms with Crippen molar-refractivity contribution in [2.24, 2.45) is 0 Å². The molecule has 0 aromatic heterocycles. The maximum absolute atomic E-state index is 12.1. The SMILES string of the molecule is N#C/C(=C/N1CCCCC1)C(=O)Nc1ccccc1C#N. The Hall–Kier alpha value is -2.79. The Bertz CT molecular complexity index is 630. The molecule has 5 nitrogen and oxygen atoms in total. The van der Waals surface area contributed by atoms with Gasteiger partial charge in [0.1, 0.15) is 17.7 Å². The first-order valence-corrected chi connectivity index (χ1v) is 6.91. The number of benzene rings is 1. The van der Waals surface area contributed by atoms with Gasteiger partial charge in [-0.3, -0.25) is 4.79 Å². The van der Waals surface area contributed by atoms with Crippen molar-refractivity contribution in [3.63, 3.8) is 0 Å². The highest BCUT2D eigenvalue weighted by molar-refractivity contribution is 6.07. The van der Waals surface area contributed by atoms with Crippen LogP contribution in [-0.2, 0) is 4.79 Å². The number of nitriles is 2. The van der Waals surface area contributed by atoms with Gasteiger partial charge in [0, 0.05) is 19.3 Å². The van der Waals surface area contributed by atoms with Crippen LogP contribution in [0.4, 0.5) is 5.69 Å². The summed E-state index contributed by atoms with van der Waals surface area (Å²) in [7, 11) is 0. The summed E-state index contributed by atoms with van der Waals surface area (Å²) in [6.45, 7) is 1.74. The molecule has 0 aliphatic carbocycles. The maximum Gasteiger partial charge on any atom is 0.267 e. The number of carbonyl (C=O) groups is 1. The number of para-hydroxylation sites is 1. The summed E-state index contributed by atoms with van der Waals surface area (Å²) < 4.78 is 0. The summed E-state index contributed by atoms with van der Waals surface area (Å²) >= 11 is 0. The zero-order valence-electron chi connectivity index (χ0n) is 11.7. The number of likely N-dealkylation sites (tertiary alicyclic amines) is 1. The molecule has 1 N–H and O–H groups in total. The molecular weight excluding hydrogens is 264 g/mol. The number of rotatable bonds is 3. The monoisotopic (exact) mass is 280 g/mol. The van der Waals surface area contributed by atoms with E-state index in [9.17, 15) is 4.79 Å². The third-order valence-electron chi connectivity index (χ3n) is 3.36. The number of carbonyl (C=O) groups excluding carboxylic acids is 1. The van der Waals surface area contributed by atoms with Crippen LogP contribution in [0, 0.1) is 22.7 Å². The molecule has 1 aromatic carbocycles. The highest BCUT2D eigenvalue weighted by Gasteiger charge is 2.14. The van der Waals surface area contributed by atoms with Crippen LogP contribution < -0.4 is 5.32 Å². The second kappa shape index (κ2) is 7.12. The molecule has 1 aliphatic rings. The Morgan fingerprint density at radius 2 is 1.90 bits per heavy atom. The first-order valence-electron chi connectivity index (χ1n) is 6.91. The second-order valence-corrected chi connectivity index (χ2v) is 4.86. The van der Waals surface area contributed by atoms with Gasteiger partial charge in [0.25, 0.3) is 5.91 Å². The molecule has 1 aromatic rings. The molecule has 2 rings (SSSR count). The molecule has 0 bridgehead atoms. The lowest BCUT2D eigenvalue weighted by Gasteiger charge is -2.25. The Morgan fingerprint density at radius 3 is 2.57 bits per heavy atom. The van der Waals surface area contributed by atoms with Gasteiger partial charge in [0.05, 0.1) is 11.3 Å². The van der Waals surface area contributed by atoms with Crippen molar-refractivity contribution in [3.8, 4) is 12.1 Å². The van der Waals surface area contributed by atoms with Crippen LogP contribution in [0.15, 0.2) is 36.0 Å². The third kappa shape index (κ3) is 3.84. The van der Waals surface area contributed by atoms with E-state index in [2.05, 4.69) is 5.32 Å². The van der Waals surface area contributed by atoms with Gasteiger partial charge in [-0.25, -0.2) is 0 Å². The standard InChI is InChI=1S/C16H16N4O/c17-10-13-6-2-3-7-15(13)19-16(21)14(11-18)12-20-8-4-1-5-9-20/h2-3,6-7,12H,1,4-5,8-9H2,(H,19,21)/b14-12-. The molecular formula is C16H16N4O. The molecule has 0 atom stereocenters. The van der Waals surface area contributed by atoms with Crippen molar-refractivity contribution in [2.75, 3.05) is 18.4 Å². The molecule has 0 saturated carbocycles. The van der Waals surface area contributed by atoms with Crippen LogP contribution in [0.5, 0.6) is 0 Å². The van der Waals surface area contributed by atoms with Crippen molar-refractivity contribution in [3.05, 3.63) is 41.6 Å². The van der Waals surface area contributed by atoms with Gasteiger partial charge >= 0.3 is 0 Å². The fraction of sp³-hybridized carbons (Fsp3) is 0.312. The smallest absolute Gasteiger partial charge is 0.267 e. The van der Waals surface area contributed by atoms with Crippen LogP contribution >= 0.6 is 0 Å². The lowest BCUT2D eigenvalue weighted by molar-refractivity contribution is -0.112. The highest BCUT2D eigenvalue weighted by atomic mass is 16.1. The van der Waals surface area contributed by atoms with Crippen molar-refractivity contribution in [1.82, 2.24) is 4.90 Å². The molecule has 5 heteroatoms. The average Bonchev–Trinajstić information content (AvgIpc) is 2.54. The predicted octanol–water partition coefficient (Wildman–Crippen LogP) is 2.39. The summed E-state index contributed by atoms with van der Waals surface area (Å²) in [6, 6.07) is 10.7. The molecule has 1 fully saturated rings. The normalized spacial score (nSPS) is 15.0. The van der Waals surface area contributed by atoms with Gasteiger partial charge in [0.15, 0.2) is 0 Å². The number of nitrogens with zero attached hydrogens (tertiary/aromatic N) is 3. The van der Waals surface area contributed by atoms with Gasteiger partial charge in [-0.1, -0.05) is 12.1 Å². The minimum Gasteiger partial charge on any atom is -0.376 e. The molecule has 1 heterocycles. The molecule has 1 aliphatic heterocycles. The third-order valence-corrected chi connectivity index (χ3v) is 3.36. The minimum atomic E-state index is -0.481. The van der Waals surface area contributed by atoms with Crippen molar-refractivity contribution < 1.29 is 4.79 Å². The zero-order valence-corrected chi connectivity index (χ0v) is 11.7. The summed E-state index contributed by atoms with van der Waals surface area (Å²) in [5, 5.41) is 20.8. The van der Waals surface area contributed by atoms with Gasteiger partial charge in [-0.2, -0.15) is 10.5 Å². The Morgan fingerprint density at radius 1 is 1.19 bits per heavy atom. The molecule has 1 amide bonds. The first kappa shape index (κ1) is 14.6. The first-order chi connectivity index (χ1) is 10.2. The Balaban J connectivity index is 2.12. The molecule has 0 radical (unpaired) electrons. The number of hydrogen-bond donors (Lipinski definition) is 1. The molecule has 0 unspecified atom stereocenters. The van der Waals surface area contributed by atoms with Gasteiger partial charge in [-0.15, -0.1) is 0 Å². The second-order valence-electron chi connectivity index (χ2n) is 4.86. The van der Waals surface area contributed by atoms with E-state index in [1.165, 1.54) is 6.42 Å². The van der Waals surface area contributed by atoms with E-state index in [4.69, 9.17) is 10.5 Å². The van der Waals surface area contributed by atoms with Gasteiger partial charge in [-0.05, 0) is 31.4 Å². The number of hydrogen-bond acceptors (Lipinski definition) is 4. The molecule has 21 heavy (non-hydrogen) atoms. The summed E-state index contributed by atoms with van der Waals surface area (Å²) in [4.78, 5) is 14.1. The number of amides is 1. The van der Waals surface area contributed by atoms with Crippen LogP contribution in [0.25, 0.3) is 0 Å². The van der Waals surface area contributed by atoms with E-state index in [1.807, 2.05) is 17.0 Å². The number of nitrogens with one attached hydrogen (secondary N) is 1. The Kier molecular flexibility index (Phi) is 4.95. The van der Waals surface area contributed by atoms with Gasteiger partial charge < -0.3 is 10.2 Å². The molecule has 106 valence electrons. The number of piperidine rings is 1. The fourth-order valence-electron chi connectivity index (χ4n) is 2.25. The largest absolute Gasteiger partial charge is 0.376 e. The summed E-state index contributed by atoms with van der Waals surface area (Å²) in [5.41, 5.74) is 0.857. The quantitative estimate of drug-likeness (QED) is 0.681.